The van der Waals surface area contributed by atoms with Gasteiger partial charge in [-0.15, -0.1) is 0 Å². The summed E-state index contributed by atoms with van der Waals surface area (Å²) in [6.45, 7) is 13.6. The molecule has 0 bridgehead atoms. The van der Waals surface area contributed by atoms with Crippen LogP contribution in [0.4, 0.5) is 0 Å². The lowest BCUT2D eigenvalue weighted by atomic mass is 9.86. The molecule has 0 aromatic rings. The van der Waals surface area contributed by atoms with Crippen molar-refractivity contribution in [1.29, 1.82) is 0 Å². The van der Waals surface area contributed by atoms with Crippen molar-refractivity contribution in [3.05, 3.63) is 0 Å². The lowest BCUT2D eigenvalue weighted by Gasteiger charge is -2.48. The number of rotatable bonds is 3. The summed E-state index contributed by atoms with van der Waals surface area (Å²) >= 11 is 0. The summed E-state index contributed by atoms with van der Waals surface area (Å²) in [6.07, 6.45) is -6.02. The molecule has 0 aromatic heterocycles. The maximum absolute atomic E-state index is 12.0. The average molecular weight is 459 g/mol. The zero-order chi connectivity index (χ0) is 23.6. The smallest absolute Gasteiger partial charge is 0.303 e. The summed E-state index contributed by atoms with van der Waals surface area (Å²) in [7, 11) is 0. The van der Waals surface area contributed by atoms with Crippen molar-refractivity contribution in [2.75, 3.05) is 0 Å². The van der Waals surface area contributed by atoms with E-state index in [9.17, 15) is 9.59 Å². The standard InChI is InChI=1S/C22H34O10/c1-9-13-19(31-21(5,6)29-13)17(27-11(3)23)15(25-9)16-18(28-12(4)24)20-14(10(2)26-16)30-22(7,8)32-20/h9-10,13-20H,1-8H3/t9-,10-,13+,14+,15-,16-,17+,18+,19+,20+/m0/s1. The third-order valence-electron chi connectivity index (χ3n) is 6.22. The summed E-state index contributed by atoms with van der Waals surface area (Å²) in [5.74, 6) is -2.71. The van der Waals surface area contributed by atoms with Crippen molar-refractivity contribution in [3.8, 4) is 0 Å². The number of carbonyl (C=O) groups is 2. The largest absolute Gasteiger partial charge is 0.457 e. The van der Waals surface area contributed by atoms with E-state index < -0.39 is 72.3 Å². The highest BCUT2D eigenvalue weighted by molar-refractivity contribution is 5.66. The Morgan fingerprint density at radius 2 is 0.906 bits per heavy atom. The Bertz CT molecular complexity index is 689. The molecule has 4 rings (SSSR count). The molecule has 182 valence electrons. The van der Waals surface area contributed by atoms with Crippen molar-refractivity contribution in [3.63, 3.8) is 0 Å². The zero-order valence-corrected chi connectivity index (χ0v) is 19.9. The molecule has 0 aromatic carbocycles. The topological polar surface area (TPSA) is 108 Å². The Hall–Kier alpha value is -1.30. The van der Waals surface area contributed by atoms with Crippen LogP contribution >= 0.6 is 0 Å². The van der Waals surface area contributed by atoms with Gasteiger partial charge in [0, 0.05) is 13.8 Å². The summed E-state index contributed by atoms with van der Waals surface area (Å²) in [4.78, 5) is 24.0. The lowest BCUT2D eigenvalue weighted by Crippen LogP contribution is -2.67. The van der Waals surface area contributed by atoms with Crippen LogP contribution in [0.5, 0.6) is 0 Å². The summed E-state index contributed by atoms with van der Waals surface area (Å²) in [6, 6.07) is 0. The highest BCUT2D eigenvalue weighted by atomic mass is 16.8. The third kappa shape index (κ3) is 4.41. The fourth-order valence-corrected chi connectivity index (χ4v) is 5.23. The molecular formula is C22H34O10. The van der Waals surface area contributed by atoms with Crippen LogP contribution in [-0.2, 0) is 47.5 Å². The van der Waals surface area contributed by atoms with Gasteiger partial charge in [-0.1, -0.05) is 0 Å². The molecule has 0 saturated carbocycles. The second-order valence-corrected chi connectivity index (χ2v) is 9.89. The van der Waals surface area contributed by atoms with Gasteiger partial charge in [0.05, 0.1) is 12.2 Å². The fourth-order valence-electron chi connectivity index (χ4n) is 5.23. The Morgan fingerprint density at radius 3 is 1.22 bits per heavy atom. The first-order chi connectivity index (χ1) is 14.8. The number of carbonyl (C=O) groups excluding carboxylic acids is 2. The van der Waals surface area contributed by atoms with E-state index in [1.54, 1.807) is 27.7 Å². The number of fused-ring (bicyclic) bond motifs is 2. The van der Waals surface area contributed by atoms with Crippen LogP contribution in [0.15, 0.2) is 0 Å². The van der Waals surface area contributed by atoms with Gasteiger partial charge in [0.1, 0.15) is 36.6 Å². The molecule has 32 heavy (non-hydrogen) atoms. The summed E-state index contributed by atoms with van der Waals surface area (Å²) in [5, 5.41) is 0. The van der Waals surface area contributed by atoms with Crippen LogP contribution in [0.2, 0.25) is 0 Å². The van der Waals surface area contributed by atoms with Crippen LogP contribution in [0.25, 0.3) is 0 Å². The predicted octanol–water partition coefficient (Wildman–Crippen LogP) is 1.46. The maximum Gasteiger partial charge on any atom is 0.303 e. The lowest BCUT2D eigenvalue weighted by molar-refractivity contribution is -0.275. The van der Waals surface area contributed by atoms with Crippen molar-refractivity contribution in [2.45, 2.75) is 128 Å². The molecule has 0 radical (unpaired) electrons. The minimum Gasteiger partial charge on any atom is -0.457 e. The van der Waals surface area contributed by atoms with Gasteiger partial charge in [-0.3, -0.25) is 9.59 Å². The molecule has 4 saturated heterocycles. The maximum atomic E-state index is 12.0. The summed E-state index contributed by atoms with van der Waals surface area (Å²) < 4.78 is 48.3. The highest BCUT2D eigenvalue weighted by Gasteiger charge is 2.63. The molecule has 4 aliphatic rings. The second kappa shape index (κ2) is 8.18. The molecule has 0 amide bonds. The van der Waals surface area contributed by atoms with Crippen molar-refractivity contribution >= 4 is 11.9 Å². The first kappa shape index (κ1) is 23.8. The van der Waals surface area contributed by atoms with Crippen molar-refractivity contribution < 1.29 is 47.5 Å². The van der Waals surface area contributed by atoms with Gasteiger partial charge in [0.15, 0.2) is 23.8 Å². The van der Waals surface area contributed by atoms with E-state index in [4.69, 9.17) is 37.9 Å². The van der Waals surface area contributed by atoms with Gasteiger partial charge in [-0.05, 0) is 41.5 Å². The first-order valence-electron chi connectivity index (χ1n) is 11.1. The predicted molar refractivity (Wildman–Crippen MR) is 107 cm³/mol. The van der Waals surface area contributed by atoms with Crippen LogP contribution < -0.4 is 0 Å². The van der Waals surface area contributed by atoms with Gasteiger partial charge in [-0.2, -0.15) is 0 Å². The SMILES string of the molecule is CC(=O)O[C@@H]1[C@H]([C@@H]2O[C@@H](C)[C@H]3OC(C)(C)O[C@H]3[C@@H]2OC(C)=O)O[C@@H](C)[C@H]2OC(C)(C)O[C@@H]12. The molecule has 4 fully saturated rings. The average Bonchev–Trinajstić information content (AvgIpc) is 3.15. The van der Waals surface area contributed by atoms with Crippen LogP contribution in [0.3, 0.4) is 0 Å². The Morgan fingerprint density at radius 1 is 0.594 bits per heavy atom. The molecule has 4 aliphatic heterocycles. The normalized spacial score (nSPS) is 46.8. The minimum atomic E-state index is -0.867. The van der Waals surface area contributed by atoms with Crippen LogP contribution in [0, 0.1) is 0 Å². The molecule has 0 aliphatic carbocycles. The van der Waals surface area contributed by atoms with E-state index >= 15 is 0 Å². The third-order valence-corrected chi connectivity index (χ3v) is 6.22. The van der Waals surface area contributed by atoms with Crippen LogP contribution in [0.1, 0.15) is 55.4 Å². The van der Waals surface area contributed by atoms with E-state index in [1.807, 2.05) is 13.8 Å². The molecule has 10 nitrogen and oxygen atoms in total. The summed E-state index contributed by atoms with van der Waals surface area (Å²) in [5.41, 5.74) is 0. The van der Waals surface area contributed by atoms with E-state index in [-0.39, 0.29) is 12.2 Å². The second-order valence-electron chi connectivity index (χ2n) is 9.89. The number of hydrogen-bond donors (Lipinski definition) is 0. The Labute approximate surface area is 188 Å². The first-order valence-corrected chi connectivity index (χ1v) is 11.1. The molecular weight excluding hydrogens is 424 g/mol. The number of esters is 2. The Kier molecular flexibility index (Phi) is 6.09. The fraction of sp³-hybridized carbons (Fsp3) is 0.909. The molecule has 0 N–H and O–H groups in total. The van der Waals surface area contributed by atoms with Gasteiger partial charge in [-0.25, -0.2) is 0 Å². The molecule has 10 atom stereocenters. The molecule has 0 unspecified atom stereocenters. The van der Waals surface area contributed by atoms with E-state index in [0.29, 0.717) is 0 Å². The van der Waals surface area contributed by atoms with Crippen molar-refractivity contribution in [1.82, 2.24) is 0 Å². The van der Waals surface area contributed by atoms with Gasteiger partial charge in [0.25, 0.3) is 0 Å². The zero-order valence-electron chi connectivity index (χ0n) is 19.9. The van der Waals surface area contributed by atoms with E-state index in [0.717, 1.165) is 0 Å². The highest BCUT2D eigenvalue weighted by Crippen LogP contribution is 2.44. The van der Waals surface area contributed by atoms with Gasteiger partial charge in [0.2, 0.25) is 0 Å². The Balaban J connectivity index is 1.69. The van der Waals surface area contributed by atoms with Gasteiger partial charge < -0.3 is 37.9 Å². The van der Waals surface area contributed by atoms with Gasteiger partial charge >= 0.3 is 11.9 Å². The van der Waals surface area contributed by atoms with Crippen molar-refractivity contribution in [2.24, 2.45) is 0 Å². The molecule has 10 heteroatoms. The molecule has 0 spiro atoms. The monoisotopic (exact) mass is 458 g/mol. The van der Waals surface area contributed by atoms with Crippen LogP contribution in [-0.4, -0.2) is 84.6 Å². The van der Waals surface area contributed by atoms with E-state index in [2.05, 4.69) is 0 Å². The minimum absolute atomic E-state index is 0.384. The molecule has 4 heterocycles. The van der Waals surface area contributed by atoms with E-state index in [1.165, 1.54) is 13.8 Å². The quantitative estimate of drug-likeness (QED) is 0.577. The number of hydrogen-bond acceptors (Lipinski definition) is 10. The number of ether oxygens (including phenoxy) is 8.